The van der Waals surface area contributed by atoms with E-state index in [2.05, 4.69) is 25.2 Å². The highest BCUT2D eigenvalue weighted by Gasteiger charge is 2.57. The molecule has 1 aliphatic carbocycles. The summed E-state index contributed by atoms with van der Waals surface area (Å²) in [5.74, 6) is -0.158. The maximum atomic E-state index is 13.8. The van der Waals surface area contributed by atoms with Crippen molar-refractivity contribution >= 4 is 17.9 Å². The Kier molecular flexibility index (Phi) is 7.08. The molecule has 0 spiro atoms. The van der Waals surface area contributed by atoms with E-state index in [0.29, 0.717) is 25.3 Å². The average molecular weight is 540 g/mol. The summed E-state index contributed by atoms with van der Waals surface area (Å²) in [5.41, 5.74) is 0.159. The van der Waals surface area contributed by atoms with E-state index in [-0.39, 0.29) is 48.2 Å². The van der Waals surface area contributed by atoms with Crippen LogP contribution >= 0.6 is 0 Å². The summed E-state index contributed by atoms with van der Waals surface area (Å²) in [5, 5.41) is 12.4. The van der Waals surface area contributed by atoms with Crippen LogP contribution in [0.4, 0.5) is 9.18 Å². The monoisotopic (exact) mass is 539 g/mol. The van der Waals surface area contributed by atoms with E-state index in [1.54, 1.807) is 37.8 Å². The lowest BCUT2D eigenvalue weighted by atomic mass is 9.93. The number of nitrogens with one attached hydrogen (secondary N) is 1. The van der Waals surface area contributed by atoms with Gasteiger partial charge in [0.2, 0.25) is 11.8 Å². The number of likely N-dealkylation sites (tertiary alicyclic amines) is 3. The number of amides is 3. The third-order valence-electron chi connectivity index (χ3n) is 8.37. The van der Waals surface area contributed by atoms with Gasteiger partial charge in [0, 0.05) is 25.2 Å². The Morgan fingerprint density at radius 2 is 1.87 bits per heavy atom. The minimum atomic E-state index is -0.936. The fraction of sp³-hybridized carbons (Fsp3) is 0.655. The summed E-state index contributed by atoms with van der Waals surface area (Å²) < 4.78 is 19.0. The average Bonchev–Trinajstić information content (AvgIpc) is 3.17. The smallest absolute Gasteiger partial charge is 0.408 e. The summed E-state index contributed by atoms with van der Waals surface area (Å²) >= 11 is 0. The van der Waals surface area contributed by atoms with Crippen molar-refractivity contribution in [2.24, 2.45) is 11.8 Å². The molecule has 3 heterocycles. The van der Waals surface area contributed by atoms with Crippen LogP contribution < -0.4 is 5.32 Å². The van der Waals surface area contributed by atoms with Gasteiger partial charge in [0.15, 0.2) is 0 Å². The highest BCUT2D eigenvalue weighted by molar-refractivity contribution is 5.89. The lowest BCUT2D eigenvalue weighted by Crippen LogP contribution is -2.59. The maximum absolute atomic E-state index is 13.8. The molecule has 4 aliphatic rings. The van der Waals surface area contributed by atoms with Gasteiger partial charge in [0.25, 0.3) is 0 Å². The van der Waals surface area contributed by atoms with Crippen LogP contribution in [0.25, 0.3) is 0 Å². The summed E-state index contributed by atoms with van der Waals surface area (Å²) in [6.45, 7) is 10.1. The van der Waals surface area contributed by atoms with Crippen LogP contribution in [0.1, 0.15) is 65.5 Å². The quantitative estimate of drug-likeness (QED) is 0.571. The van der Waals surface area contributed by atoms with Crippen molar-refractivity contribution in [2.75, 3.05) is 13.1 Å². The number of piperidine rings is 1. The largest absolute Gasteiger partial charge is 0.444 e. The van der Waals surface area contributed by atoms with Gasteiger partial charge < -0.3 is 19.9 Å². The molecule has 0 unspecified atom stereocenters. The van der Waals surface area contributed by atoms with Crippen molar-refractivity contribution < 1.29 is 23.5 Å². The van der Waals surface area contributed by atoms with Gasteiger partial charge in [-0.05, 0) is 69.6 Å². The lowest BCUT2D eigenvalue weighted by molar-refractivity contribution is -0.142. The first-order chi connectivity index (χ1) is 18.4. The van der Waals surface area contributed by atoms with Crippen molar-refractivity contribution in [3.63, 3.8) is 0 Å². The van der Waals surface area contributed by atoms with Crippen molar-refractivity contribution in [1.29, 1.82) is 5.26 Å². The van der Waals surface area contributed by atoms with Crippen molar-refractivity contribution in [3.05, 3.63) is 35.6 Å². The topological polar surface area (TPSA) is 106 Å². The molecule has 4 fully saturated rings. The third kappa shape index (κ3) is 5.33. The van der Waals surface area contributed by atoms with Crippen LogP contribution in [0, 0.1) is 29.0 Å². The SMILES string of the molecule is CC(C)[C@H](c1ccc(F)cc1)N1C(=O)[C@H]2C[C@@H]1CN2C[C@H](NC(=O)OC(C)(C)C)C(=O)N1[C@H](C#N)C[C@@H]2C[C@@H]21. The van der Waals surface area contributed by atoms with Gasteiger partial charge >= 0.3 is 6.09 Å². The molecule has 2 bridgehead atoms. The van der Waals surface area contributed by atoms with Crippen molar-refractivity contribution in [3.8, 4) is 6.07 Å². The number of nitrogens with zero attached hydrogens (tertiary/aromatic N) is 4. The Morgan fingerprint density at radius 3 is 2.46 bits per heavy atom. The molecule has 39 heavy (non-hydrogen) atoms. The number of benzene rings is 1. The first-order valence-electron chi connectivity index (χ1n) is 13.9. The van der Waals surface area contributed by atoms with Gasteiger partial charge in [-0.2, -0.15) is 5.26 Å². The zero-order chi connectivity index (χ0) is 28.2. The number of ether oxygens (including phenoxy) is 1. The van der Waals surface area contributed by atoms with Crippen LogP contribution in [0.3, 0.4) is 0 Å². The lowest BCUT2D eigenvalue weighted by Gasteiger charge is -2.41. The number of carbonyl (C=O) groups excluding carboxylic acids is 3. The number of fused-ring (bicyclic) bond motifs is 3. The van der Waals surface area contributed by atoms with Gasteiger partial charge in [-0.25, -0.2) is 9.18 Å². The van der Waals surface area contributed by atoms with E-state index in [4.69, 9.17) is 4.74 Å². The van der Waals surface area contributed by atoms with Crippen LogP contribution in [-0.4, -0.2) is 81.5 Å². The van der Waals surface area contributed by atoms with E-state index >= 15 is 0 Å². The highest BCUT2D eigenvalue weighted by atomic mass is 19.1. The van der Waals surface area contributed by atoms with Gasteiger partial charge in [0.05, 0.1) is 18.2 Å². The van der Waals surface area contributed by atoms with E-state index in [9.17, 15) is 24.0 Å². The van der Waals surface area contributed by atoms with Crippen molar-refractivity contribution in [2.45, 2.75) is 95.7 Å². The standard InChI is InChI=1S/C29H38FN5O4/c1-16(2)25(17-6-8-19(30)9-7-17)35-21-12-24(27(35)37)33(14-21)15-22(32-28(38)39-29(3,4)5)26(36)34-20(13-31)10-18-11-23(18)34/h6-9,16,18,20-25H,10-12,14-15H2,1-5H3,(H,32,38)/t18-,20+,21-,22+,23+,24-,25-/m1/s1. The molecule has 7 atom stereocenters. The molecule has 9 nitrogen and oxygen atoms in total. The predicted molar refractivity (Wildman–Crippen MR) is 141 cm³/mol. The molecule has 210 valence electrons. The summed E-state index contributed by atoms with van der Waals surface area (Å²) in [6.07, 6.45) is 1.47. The first-order valence-corrected chi connectivity index (χ1v) is 13.9. The van der Waals surface area contributed by atoms with Crippen LogP contribution in [-0.2, 0) is 14.3 Å². The molecule has 0 radical (unpaired) electrons. The van der Waals surface area contributed by atoms with Gasteiger partial charge in [0.1, 0.15) is 23.5 Å². The fourth-order valence-corrected chi connectivity index (χ4v) is 6.72. The predicted octanol–water partition coefficient (Wildman–Crippen LogP) is 3.21. The molecule has 0 aromatic heterocycles. The Balaban J connectivity index is 1.33. The number of alkyl carbamates (subject to hydrolysis) is 1. The number of hydrogen-bond donors (Lipinski definition) is 1. The fourth-order valence-electron chi connectivity index (χ4n) is 6.72. The Morgan fingerprint density at radius 1 is 1.18 bits per heavy atom. The minimum absolute atomic E-state index is 0.0175. The molecule has 3 aliphatic heterocycles. The van der Waals surface area contributed by atoms with Crippen LogP contribution in [0.2, 0.25) is 0 Å². The zero-order valence-electron chi connectivity index (χ0n) is 23.3. The molecule has 3 saturated heterocycles. The number of hydrogen-bond acceptors (Lipinski definition) is 6. The number of piperazine rings is 1. The first kappa shape index (κ1) is 27.4. The molecular formula is C29H38FN5O4. The summed E-state index contributed by atoms with van der Waals surface area (Å²) in [6, 6.07) is 6.53. The van der Waals surface area contributed by atoms with Gasteiger partial charge in [-0.1, -0.05) is 26.0 Å². The normalized spacial score (nSPS) is 29.3. The molecule has 1 saturated carbocycles. The van der Waals surface area contributed by atoms with Gasteiger partial charge in [-0.15, -0.1) is 0 Å². The number of nitriles is 1. The minimum Gasteiger partial charge on any atom is -0.444 e. The second-order valence-corrected chi connectivity index (χ2v) is 12.7. The van der Waals surface area contributed by atoms with E-state index in [1.165, 1.54) is 12.1 Å². The Hall–Kier alpha value is -3.19. The Labute approximate surface area is 229 Å². The Bertz CT molecular complexity index is 1180. The second kappa shape index (κ2) is 10.1. The number of rotatable bonds is 7. The van der Waals surface area contributed by atoms with E-state index < -0.39 is 29.8 Å². The number of halogens is 1. The van der Waals surface area contributed by atoms with Crippen LogP contribution in [0.15, 0.2) is 24.3 Å². The van der Waals surface area contributed by atoms with Gasteiger partial charge in [-0.3, -0.25) is 14.5 Å². The van der Waals surface area contributed by atoms with Crippen LogP contribution in [0.5, 0.6) is 0 Å². The maximum Gasteiger partial charge on any atom is 0.408 e. The third-order valence-corrected chi connectivity index (χ3v) is 8.37. The summed E-state index contributed by atoms with van der Waals surface area (Å²) in [4.78, 5) is 45.7. The molecule has 1 N–H and O–H groups in total. The second-order valence-electron chi connectivity index (χ2n) is 12.7. The zero-order valence-corrected chi connectivity index (χ0v) is 23.3. The molecule has 3 amide bonds. The summed E-state index contributed by atoms with van der Waals surface area (Å²) in [7, 11) is 0. The van der Waals surface area contributed by atoms with Crippen molar-refractivity contribution in [1.82, 2.24) is 20.0 Å². The van der Waals surface area contributed by atoms with E-state index in [1.807, 2.05) is 9.80 Å². The van der Waals surface area contributed by atoms with E-state index in [0.717, 1.165) is 12.0 Å². The molecule has 1 aromatic carbocycles. The molecular weight excluding hydrogens is 501 g/mol. The molecule has 5 rings (SSSR count). The highest BCUT2D eigenvalue weighted by Crippen LogP contribution is 2.48. The molecule has 10 heteroatoms. The molecule has 1 aromatic rings. The number of carbonyl (C=O) groups is 3.